The van der Waals surface area contributed by atoms with E-state index in [1.54, 1.807) is 14.0 Å². The molecule has 0 amide bonds. The molecule has 8 aromatic carbocycles. The topological polar surface area (TPSA) is 38.7 Å². The van der Waals surface area contributed by atoms with Crippen molar-refractivity contribution in [3.8, 4) is 28.4 Å². The first-order valence-electron chi connectivity index (χ1n) is 17.7. The first-order valence-corrected chi connectivity index (χ1v) is 17.7. The van der Waals surface area contributed by atoms with Crippen molar-refractivity contribution in [2.24, 2.45) is 0 Å². The molecule has 0 heterocycles. The molecule has 0 aromatic heterocycles. The Morgan fingerprint density at radius 1 is 0.519 bits per heavy atom. The molecule has 52 heavy (non-hydrogen) atoms. The van der Waals surface area contributed by atoms with E-state index in [0.29, 0.717) is 5.75 Å². The fourth-order valence-electron chi connectivity index (χ4n) is 8.22. The molecule has 0 saturated heterocycles. The maximum atomic E-state index is 11.5. The average molecular weight is 675 g/mol. The van der Waals surface area contributed by atoms with Crippen molar-refractivity contribution in [2.75, 3.05) is 7.11 Å². The van der Waals surface area contributed by atoms with Crippen LogP contribution in [0.5, 0.6) is 17.2 Å². The number of aryl methyl sites for hydroxylation is 1. The second-order valence-electron chi connectivity index (χ2n) is 14.0. The van der Waals surface area contributed by atoms with Crippen LogP contribution in [-0.2, 0) is 11.0 Å². The molecule has 9 rings (SSSR count). The lowest BCUT2D eigenvalue weighted by atomic mass is 9.66. The van der Waals surface area contributed by atoms with Gasteiger partial charge in [-0.2, -0.15) is 0 Å². The smallest absolute Gasteiger partial charge is 0.127 e. The summed E-state index contributed by atoms with van der Waals surface area (Å²) in [6, 6.07) is 59.6. The summed E-state index contributed by atoms with van der Waals surface area (Å²) >= 11 is 0. The number of fused-ring (bicyclic) bond motifs is 6. The maximum Gasteiger partial charge on any atom is 0.127 e. The minimum atomic E-state index is -1.17. The quantitative estimate of drug-likeness (QED) is 0.183. The van der Waals surface area contributed by atoms with Gasteiger partial charge in [-0.1, -0.05) is 127 Å². The van der Waals surface area contributed by atoms with Gasteiger partial charge in [-0.3, -0.25) is 0 Å². The summed E-state index contributed by atoms with van der Waals surface area (Å²) < 4.78 is 11.7. The van der Waals surface area contributed by atoms with E-state index in [1.165, 1.54) is 60.5 Å². The van der Waals surface area contributed by atoms with Gasteiger partial charge < -0.3 is 14.6 Å². The molecule has 2 unspecified atom stereocenters. The van der Waals surface area contributed by atoms with Crippen LogP contribution in [0.1, 0.15) is 45.9 Å². The van der Waals surface area contributed by atoms with Gasteiger partial charge in [-0.15, -0.1) is 0 Å². The zero-order valence-corrected chi connectivity index (χ0v) is 29.4. The van der Waals surface area contributed by atoms with Crippen molar-refractivity contribution in [3.63, 3.8) is 0 Å². The Balaban J connectivity index is 1.15. The van der Waals surface area contributed by atoms with Crippen molar-refractivity contribution in [1.29, 1.82) is 0 Å². The van der Waals surface area contributed by atoms with E-state index < -0.39 is 11.0 Å². The first-order chi connectivity index (χ1) is 25.4. The van der Waals surface area contributed by atoms with E-state index in [4.69, 9.17) is 9.47 Å². The van der Waals surface area contributed by atoms with Crippen LogP contribution in [0.3, 0.4) is 0 Å². The SMILES string of the molecule is COc1ccc(C(C)(O)c2ccc(Oc3ccc(C4(c5ccc(C)cc5)c5cc6ccccc6cc5-c5ccc6ccccc6c54)cc3)cc2)cc1. The lowest BCUT2D eigenvalue weighted by Gasteiger charge is -2.35. The van der Waals surface area contributed by atoms with Crippen molar-refractivity contribution >= 4 is 21.5 Å². The molecule has 0 fully saturated rings. The molecule has 2 atom stereocenters. The summed E-state index contributed by atoms with van der Waals surface area (Å²) in [4.78, 5) is 0. The monoisotopic (exact) mass is 674 g/mol. The van der Waals surface area contributed by atoms with Gasteiger partial charge >= 0.3 is 0 Å². The van der Waals surface area contributed by atoms with Gasteiger partial charge in [0.1, 0.15) is 22.8 Å². The highest BCUT2D eigenvalue weighted by molar-refractivity contribution is 6.03. The lowest BCUT2D eigenvalue weighted by molar-refractivity contribution is 0.102. The number of ether oxygens (including phenoxy) is 2. The summed E-state index contributed by atoms with van der Waals surface area (Å²) in [5, 5.41) is 16.4. The van der Waals surface area contributed by atoms with Gasteiger partial charge in [0.15, 0.2) is 0 Å². The second-order valence-corrected chi connectivity index (χ2v) is 14.0. The lowest BCUT2D eigenvalue weighted by Crippen LogP contribution is -2.29. The predicted molar refractivity (Wildman–Crippen MR) is 212 cm³/mol. The number of hydrogen-bond acceptors (Lipinski definition) is 3. The fourth-order valence-corrected chi connectivity index (χ4v) is 8.22. The van der Waals surface area contributed by atoms with E-state index in [0.717, 1.165) is 22.6 Å². The van der Waals surface area contributed by atoms with Crippen LogP contribution >= 0.6 is 0 Å². The van der Waals surface area contributed by atoms with Crippen molar-refractivity contribution in [3.05, 3.63) is 209 Å². The van der Waals surface area contributed by atoms with Gasteiger partial charge in [0.25, 0.3) is 0 Å². The normalized spacial score (nSPS) is 15.9. The molecule has 0 bridgehead atoms. The Hall–Kier alpha value is -6.16. The molecule has 0 aliphatic heterocycles. The van der Waals surface area contributed by atoms with Gasteiger partial charge in [-0.25, -0.2) is 0 Å². The number of methoxy groups -OCH3 is 1. The van der Waals surface area contributed by atoms with Crippen molar-refractivity contribution in [2.45, 2.75) is 24.9 Å². The Morgan fingerprint density at radius 3 is 1.65 bits per heavy atom. The van der Waals surface area contributed by atoms with E-state index >= 15 is 0 Å². The standard InChI is InChI=1S/C49H38O3/c1-32-12-15-38(16-13-32)49(46-31-35-10-5-4-9-34(35)30-45(46)44-29-14-33-8-6-7-11-43(33)47(44)49)39-21-27-42(28-22-39)52-41-25-19-37(20-26-41)48(2,50)36-17-23-40(51-3)24-18-36/h4-31,50H,1-3H3. The highest BCUT2D eigenvalue weighted by Gasteiger charge is 2.47. The number of benzene rings is 8. The zero-order valence-electron chi connectivity index (χ0n) is 29.4. The third-order valence-electron chi connectivity index (χ3n) is 11.0. The number of aliphatic hydroxyl groups is 1. The van der Waals surface area contributed by atoms with Crippen LogP contribution in [0.2, 0.25) is 0 Å². The van der Waals surface area contributed by atoms with Gasteiger partial charge in [0, 0.05) is 0 Å². The van der Waals surface area contributed by atoms with Gasteiger partial charge in [0.05, 0.1) is 12.5 Å². The maximum absolute atomic E-state index is 11.5. The molecule has 1 aliphatic carbocycles. The highest BCUT2D eigenvalue weighted by atomic mass is 16.5. The van der Waals surface area contributed by atoms with E-state index in [9.17, 15) is 5.11 Å². The van der Waals surface area contributed by atoms with Crippen LogP contribution < -0.4 is 9.47 Å². The molecular formula is C49H38O3. The summed E-state index contributed by atoms with van der Waals surface area (Å²) in [7, 11) is 1.64. The number of rotatable bonds is 7. The summed E-state index contributed by atoms with van der Waals surface area (Å²) in [6.07, 6.45) is 0. The van der Waals surface area contributed by atoms with Crippen molar-refractivity contribution < 1.29 is 14.6 Å². The van der Waals surface area contributed by atoms with Gasteiger partial charge in [-0.05, 0) is 128 Å². The van der Waals surface area contributed by atoms with Gasteiger partial charge in [0.2, 0.25) is 0 Å². The zero-order chi connectivity index (χ0) is 35.5. The highest BCUT2D eigenvalue weighted by Crippen LogP contribution is 2.59. The van der Waals surface area contributed by atoms with Crippen LogP contribution in [-0.4, -0.2) is 12.2 Å². The Morgan fingerprint density at radius 2 is 1.04 bits per heavy atom. The Labute approximate surface area is 304 Å². The summed E-state index contributed by atoms with van der Waals surface area (Å²) in [6.45, 7) is 3.95. The van der Waals surface area contributed by atoms with Crippen LogP contribution in [0, 0.1) is 6.92 Å². The predicted octanol–water partition coefficient (Wildman–Crippen LogP) is 11.7. The largest absolute Gasteiger partial charge is 0.497 e. The molecule has 8 aromatic rings. The second kappa shape index (κ2) is 12.3. The van der Waals surface area contributed by atoms with Crippen LogP contribution in [0.25, 0.3) is 32.7 Å². The third kappa shape index (κ3) is 5.00. The molecule has 3 heteroatoms. The van der Waals surface area contributed by atoms with Crippen molar-refractivity contribution in [1.82, 2.24) is 0 Å². The van der Waals surface area contributed by atoms with E-state index in [2.05, 4.69) is 128 Å². The minimum Gasteiger partial charge on any atom is -0.497 e. The molecular weight excluding hydrogens is 637 g/mol. The third-order valence-corrected chi connectivity index (χ3v) is 11.0. The summed E-state index contributed by atoms with van der Waals surface area (Å²) in [5.41, 5.74) is 8.62. The summed E-state index contributed by atoms with van der Waals surface area (Å²) in [5.74, 6) is 2.19. The van der Waals surface area contributed by atoms with Crippen LogP contribution in [0.4, 0.5) is 0 Å². The molecule has 252 valence electrons. The molecule has 1 N–H and O–H groups in total. The van der Waals surface area contributed by atoms with E-state index in [1.807, 2.05) is 48.5 Å². The molecule has 0 radical (unpaired) electrons. The van der Waals surface area contributed by atoms with Crippen LogP contribution in [0.15, 0.2) is 170 Å². The van der Waals surface area contributed by atoms with E-state index in [-0.39, 0.29) is 0 Å². The Bertz CT molecular complexity index is 2580. The minimum absolute atomic E-state index is 0.559. The first kappa shape index (κ1) is 31.8. The average Bonchev–Trinajstić information content (AvgIpc) is 3.48. The fraction of sp³-hybridized carbons (Fsp3) is 0.102. The molecule has 1 aliphatic rings. The molecule has 0 spiro atoms. The number of hydrogen-bond donors (Lipinski definition) is 1. The Kier molecular flexibility index (Phi) is 7.50. The molecule has 0 saturated carbocycles. The molecule has 3 nitrogen and oxygen atoms in total.